The van der Waals surface area contributed by atoms with E-state index >= 15 is 0 Å². The van der Waals surface area contributed by atoms with Crippen molar-refractivity contribution in [3.8, 4) is 0 Å². The quantitative estimate of drug-likeness (QED) is 0.401. The van der Waals surface area contributed by atoms with E-state index in [1.165, 1.54) is 23.9 Å². The largest absolute Gasteiger partial charge is 0.340 e. The Morgan fingerprint density at radius 3 is 2.29 bits per heavy atom. The van der Waals surface area contributed by atoms with Crippen LogP contribution in [0.15, 0.2) is 53.4 Å². The molecule has 1 fully saturated rings. The minimum atomic E-state index is -0.449. The Bertz CT molecular complexity index is 939. The molecule has 2 aromatic rings. The number of hydrogen-bond acceptors (Lipinski definition) is 5. The van der Waals surface area contributed by atoms with Gasteiger partial charge < -0.3 is 15.1 Å². The number of nitrogens with one attached hydrogen (secondary N) is 1. The molecule has 1 aliphatic heterocycles. The van der Waals surface area contributed by atoms with Crippen LogP contribution < -0.4 is 5.32 Å². The summed E-state index contributed by atoms with van der Waals surface area (Å²) in [5.74, 6) is -0.0108. The maximum absolute atomic E-state index is 12.9. The normalized spacial score (nSPS) is 15.2. The Kier molecular flexibility index (Phi) is 7.75. The third-order valence-corrected chi connectivity index (χ3v) is 6.25. The minimum absolute atomic E-state index is 0.0108. The van der Waals surface area contributed by atoms with Crippen LogP contribution in [-0.4, -0.2) is 58.1 Å². The van der Waals surface area contributed by atoms with Crippen molar-refractivity contribution in [2.24, 2.45) is 0 Å². The molecular formula is C21H23ClN4O4S. The molecule has 0 aliphatic carbocycles. The van der Waals surface area contributed by atoms with E-state index in [1.807, 2.05) is 6.92 Å². The van der Waals surface area contributed by atoms with Gasteiger partial charge in [-0.25, -0.2) is 4.79 Å². The minimum Gasteiger partial charge on any atom is -0.340 e. The summed E-state index contributed by atoms with van der Waals surface area (Å²) < 4.78 is 0. The van der Waals surface area contributed by atoms with Crippen LogP contribution in [0.5, 0.6) is 0 Å². The van der Waals surface area contributed by atoms with Gasteiger partial charge in [-0.3, -0.25) is 14.9 Å². The van der Waals surface area contributed by atoms with Crippen molar-refractivity contribution in [2.45, 2.75) is 23.5 Å². The maximum Gasteiger partial charge on any atom is 0.321 e. The summed E-state index contributed by atoms with van der Waals surface area (Å²) in [4.78, 5) is 40.1. The van der Waals surface area contributed by atoms with Gasteiger partial charge >= 0.3 is 6.03 Å². The molecule has 1 atom stereocenters. The van der Waals surface area contributed by atoms with Crippen LogP contribution >= 0.6 is 23.4 Å². The monoisotopic (exact) mass is 462 g/mol. The molecule has 1 heterocycles. The Morgan fingerprint density at radius 1 is 1.03 bits per heavy atom. The number of nitrogens with zero attached hydrogens (tertiary/aromatic N) is 3. The SMILES string of the molecule is CC(Sc1ccc([N+](=O)[O-])cc1)C(=O)N1CCCN(C(=O)Nc2ccc(Cl)cc2)CC1. The van der Waals surface area contributed by atoms with E-state index in [0.717, 1.165) is 4.90 Å². The van der Waals surface area contributed by atoms with E-state index in [4.69, 9.17) is 11.6 Å². The first-order chi connectivity index (χ1) is 14.8. The summed E-state index contributed by atoms with van der Waals surface area (Å²) in [5, 5.41) is 13.9. The van der Waals surface area contributed by atoms with Gasteiger partial charge in [0.2, 0.25) is 5.91 Å². The van der Waals surface area contributed by atoms with Crippen molar-refractivity contribution in [3.05, 3.63) is 63.7 Å². The molecule has 164 valence electrons. The van der Waals surface area contributed by atoms with E-state index in [0.29, 0.717) is 43.3 Å². The Balaban J connectivity index is 1.52. The van der Waals surface area contributed by atoms with Gasteiger partial charge in [-0.2, -0.15) is 0 Å². The number of urea groups is 1. The fraction of sp³-hybridized carbons (Fsp3) is 0.333. The van der Waals surface area contributed by atoms with Gasteiger partial charge in [-0.1, -0.05) is 11.6 Å². The summed E-state index contributed by atoms with van der Waals surface area (Å²) in [6.07, 6.45) is 0.689. The van der Waals surface area contributed by atoms with Crippen LogP contribution in [0.2, 0.25) is 5.02 Å². The topological polar surface area (TPSA) is 95.8 Å². The number of non-ortho nitro benzene ring substituents is 1. The first kappa shape index (κ1) is 22.9. The predicted molar refractivity (Wildman–Crippen MR) is 122 cm³/mol. The van der Waals surface area contributed by atoms with Crippen molar-refractivity contribution < 1.29 is 14.5 Å². The number of hydrogen-bond donors (Lipinski definition) is 1. The van der Waals surface area contributed by atoms with Crippen LogP contribution in [0.3, 0.4) is 0 Å². The third-order valence-electron chi connectivity index (χ3n) is 4.90. The second-order valence-electron chi connectivity index (χ2n) is 7.11. The Hall–Kier alpha value is -2.78. The number of anilines is 1. The standard InChI is InChI=1S/C21H23ClN4O4S/c1-15(31-19-9-7-18(8-10-19)26(29)30)20(27)24-11-2-12-25(14-13-24)21(28)23-17-5-3-16(22)4-6-17/h3-10,15H,2,11-14H2,1H3,(H,23,28). The molecule has 3 amide bonds. The highest BCUT2D eigenvalue weighted by molar-refractivity contribution is 8.00. The van der Waals surface area contributed by atoms with Gasteiger partial charge in [0, 0.05) is 53.9 Å². The highest BCUT2D eigenvalue weighted by atomic mass is 35.5. The number of thioether (sulfide) groups is 1. The van der Waals surface area contributed by atoms with Crippen LogP contribution in [0.4, 0.5) is 16.2 Å². The molecule has 3 rings (SSSR count). The molecule has 10 heteroatoms. The summed E-state index contributed by atoms with van der Waals surface area (Å²) in [6, 6.07) is 12.9. The highest BCUT2D eigenvalue weighted by Gasteiger charge is 2.26. The third kappa shape index (κ3) is 6.35. The van der Waals surface area contributed by atoms with Crippen molar-refractivity contribution in [1.82, 2.24) is 9.80 Å². The van der Waals surface area contributed by atoms with Crippen molar-refractivity contribution in [3.63, 3.8) is 0 Å². The van der Waals surface area contributed by atoms with Gasteiger partial charge in [-0.15, -0.1) is 11.8 Å². The highest BCUT2D eigenvalue weighted by Crippen LogP contribution is 2.26. The molecule has 2 aromatic carbocycles. The molecule has 0 spiro atoms. The van der Waals surface area contributed by atoms with Gasteiger partial charge in [0.25, 0.3) is 5.69 Å². The second kappa shape index (κ2) is 10.5. The van der Waals surface area contributed by atoms with Crippen molar-refractivity contribution in [2.75, 3.05) is 31.5 Å². The van der Waals surface area contributed by atoms with Crippen molar-refractivity contribution in [1.29, 1.82) is 0 Å². The lowest BCUT2D eigenvalue weighted by Gasteiger charge is -2.24. The zero-order valence-electron chi connectivity index (χ0n) is 17.0. The lowest BCUT2D eigenvalue weighted by atomic mass is 10.3. The fourth-order valence-electron chi connectivity index (χ4n) is 3.23. The van der Waals surface area contributed by atoms with Crippen LogP contribution in [0, 0.1) is 10.1 Å². The summed E-state index contributed by atoms with van der Waals surface area (Å²) in [5.41, 5.74) is 0.688. The van der Waals surface area contributed by atoms with Gasteiger partial charge in [0.1, 0.15) is 0 Å². The van der Waals surface area contributed by atoms with Crippen molar-refractivity contribution >= 4 is 46.7 Å². The lowest BCUT2D eigenvalue weighted by molar-refractivity contribution is -0.384. The number of amides is 3. The number of carbonyl (C=O) groups is 2. The average Bonchev–Trinajstić information content (AvgIpc) is 3.01. The second-order valence-corrected chi connectivity index (χ2v) is 8.96. The molecule has 0 aromatic heterocycles. The van der Waals surface area contributed by atoms with E-state index in [2.05, 4.69) is 5.32 Å². The Labute approximate surface area is 189 Å². The van der Waals surface area contributed by atoms with Crippen LogP contribution in [0.1, 0.15) is 13.3 Å². The molecule has 1 unspecified atom stereocenters. The van der Waals surface area contributed by atoms with Gasteiger partial charge in [0.15, 0.2) is 0 Å². The maximum atomic E-state index is 12.9. The zero-order chi connectivity index (χ0) is 22.4. The zero-order valence-corrected chi connectivity index (χ0v) is 18.6. The summed E-state index contributed by atoms with van der Waals surface area (Å²) in [7, 11) is 0. The summed E-state index contributed by atoms with van der Waals surface area (Å²) in [6.45, 7) is 3.87. The first-order valence-electron chi connectivity index (χ1n) is 9.85. The lowest BCUT2D eigenvalue weighted by Crippen LogP contribution is -2.41. The van der Waals surface area contributed by atoms with Crippen LogP contribution in [0.25, 0.3) is 0 Å². The Morgan fingerprint density at radius 2 is 1.65 bits per heavy atom. The van der Waals surface area contributed by atoms with E-state index < -0.39 is 4.92 Å². The molecule has 31 heavy (non-hydrogen) atoms. The molecule has 8 nitrogen and oxygen atoms in total. The molecule has 1 saturated heterocycles. The average molecular weight is 463 g/mol. The number of carbonyl (C=O) groups excluding carboxylic acids is 2. The number of nitro groups is 1. The fourth-order valence-corrected chi connectivity index (χ4v) is 4.31. The van der Waals surface area contributed by atoms with Crippen LogP contribution in [-0.2, 0) is 4.79 Å². The van der Waals surface area contributed by atoms with E-state index in [-0.39, 0.29) is 22.9 Å². The predicted octanol–water partition coefficient (Wildman–Crippen LogP) is 4.50. The summed E-state index contributed by atoms with van der Waals surface area (Å²) >= 11 is 7.24. The first-order valence-corrected chi connectivity index (χ1v) is 11.1. The molecule has 0 saturated carbocycles. The molecule has 1 aliphatic rings. The van der Waals surface area contributed by atoms with Gasteiger partial charge in [0.05, 0.1) is 10.2 Å². The molecule has 0 radical (unpaired) electrons. The smallest absolute Gasteiger partial charge is 0.321 e. The molecule has 0 bridgehead atoms. The van der Waals surface area contributed by atoms with E-state index in [1.54, 1.807) is 46.2 Å². The molecule has 1 N–H and O–H groups in total. The molecular weight excluding hydrogens is 440 g/mol. The van der Waals surface area contributed by atoms with E-state index in [9.17, 15) is 19.7 Å². The number of benzene rings is 2. The number of nitro benzene ring substituents is 1. The number of halogens is 1. The number of rotatable bonds is 5. The van der Waals surface area contributed by atoms with Gasteiger partial charge in [-0.05, 0) is 49.7 Å².